The summed E-state index contributed by atoms with van der Waals surface area (Å²) in [4.78, 5) is 30.4. The third kappa shape index (κ3) is 39.8. The molecule has 0 N–H and O–H groups in total. The van der Waals surface area contributed by atoms with E-state index in [4.69, 9.17) is 4.74 Å². The molecule has 0 aliphatic carbocycles. The Balaban J connectivity index is 1.28. The first-order valence-corrected chi connectivity index (χ1v) is 54.4. The third-order valence-electron chi connectivity index (χ3n) is 24.1. The molecule has 0 aliphatic rings. The number of carbonyl (C=O) groups excluding carboxylic acids is 1. The Morgan fingerprint density at radius 2 is 0.451 bits per heavy atom. The van der Waals surface area contributed by atoms with Crippen molar-refractivity contribution in [3.05, 3.63) is 113 Å². The van der Waals surface area contributed by atoms with Gasteiger partial charge in [0.15, 0.2) is 0 Å². The van der Waals surface area contributed by atoms with Crippen LogP contribution in [-0.2, 0) is 49.9 Å². The normalized spacial score (nSPS) is 11.8. The largest absolute Gasteiger partial charge is 0.457 e. The molecule has 634 valence electrons. The number of benzene rings is 1. The van der Waals surface area contributed by atoms with Crippen molar-refractivity contribution in [3.8, 4) is 48.8 Å². The molecule has 0 aliphatic heterocycles. The molecule has 113 heavy (non-hydrogen) atoms. The molecule has 9 heteroatoms. The Labute approximate surface area is 733 Å². The summed E-state index contributed by atoms with van der Waals surface area (Å²) < 4.78 is 7.73. The van der Waals surface area contributed by atoms with E-state index in [1.54, 1.807) is 48.2 Å². The minimum Gasteiger partial charge on any atom is -0.457 e. The molecule has 6 heterocycles. The minimum absolute atomic E-state index is 0.152. The average molecular weight is 1760 g/mol. The lowest BCUT2D eigenvalue weighted by molar-refractivity contribution is 0.0477. The van der Waals surface area contributed by atoms with Crippen molar-refractivity contribution in [2.75, 3.05) is 0 Å². The van der Waals surface area contributed by atoms with Crippen LogP contribution >= 0.6 is 90.6 Å². The number of ether oxygens (including phenoxy) is 1. The lowest BCUT2D eigenvalue weighted by atomic mass is 10.0. The molecule has 6 aromatic heterocycles. The van der Waals surface area contributed by atoms with Crippen molar-refractivity contribution >= 4 is 96.6 Å². The van der Waals surface area contributed by atoms with Crippen molar-refractivity contribution < 1.29 is 9.53 Å². The summed E-state index contributed by atoms with van der Waals surface area (Å²) in [5, 5.41) is 0. The van der Waals surface area contributed by atoms with Crippen LogP contribution in [0.3, 0.4) is 0 Å². The molecule has 7 aromatic rings. The number of hydrogen-bond donors (Lipinski definition) is 0. The van der Waals surface area contributed by atoms with Crippen LogP contribution < -0.4 is 0 Å². The molecule has 0 bridgehead atoms. The van der Waals surface area contributed by atoms with Gasteiger partial charge in [0.2, 0.25) is 0 Å². The summed E-state index contributed by atoms with van der Waals surface area (Å²) >= 11 is 15.0. The zero-order valence-electron chi connectivity index (χ0n) is 73.4. The van der Waals surface area contributed by atoms with Gasteiger partial charge in [0.25, 0.3) is 0 Å². The van der Waals surface area contributed by atoms with E-state index in [1.165, 1.54) is 440 Å². The Kier molecular flexibility index (Phi) is 55.0. The lowest BCUT2D eigenvalue weighted by Gasteiger charge is -2.06. The zero-order chi connectivity index (χ0) is 79.7. The van der Waals surface area contributed by atoms with Crippen LogP contribution in [0.1, 0.15) is 475 Å². The molecule has 0 spiro atoms. The van der Waals surface area contributed by atoms with E-state index in [-0.39, 0.29) is 5.97 Å². The summed E-state index contributed by atoms with van der Waals surface area (Å²) in [5.41, 5.74) is 10.1. The quantitative estimate of drug-likeness (QED) is 0.0216. The standard InChI is InChI=1S/C104H163IO2S6/c1-7-13-19-25-31-37-43-49-55-64-72-86-78-92(108-99(86)93-80-88(74-66-57-51-45-39-33-27-21-15-9-3)101(110-93)95-82-90(76-68-59-53-47-41-35-29-23-17-11-5)103(112-95)104(106)107-84-85-70-62-61-63-71-85)98-87(73-65-56-50-44-38-32-26-20-14-8-2)79-94(109-98)100-89(75-67-58-52-46-40-34-28-22-16-10-4)81-96(111-100)102-91(83-97(105)113-102)77-69-60-54-48-42-36-30-24-18-12-6/h61-63,70-71,78-83H,7-60,64-69,72-77,84H2,1-6H3. The van der Waals surface area contributed by atoms with E-state index < -0.39 is 0 Å². The van der Waals surface area contributed by atoms with Gasteiger partial charge in [0.05, 0.1) is 2.88 Å². The van der Waals surface area contributed by atoms with Crippen molar-refractivity contribution in [2.24, 2.45) is 0 Å². The third-order valence-corrected chi connectivity index (χ3v) is 32.8. The molecule has 0 unspecified atom stereocenters. The first-order valence-electron chi connectivity index (χ1n) is 48.4. The minimum atomic E-state index is -0.152. The molecule has 2 nitrogen and oxygen atoms in total. The molecular weight excluding hydrogens is 1600 g/mol. The van der Waals surface area contributed by atoms with Crippen molar-refractivity contribution in [3.63, 3.8) is 0 Å². The van der Waals surface area contributed by atoms with E-state index >= 15 is 0 Å². The van der Waals surface area contributed by atoms with Gasteiger partial charge in [-0.2, -0.15) is 0 Å². The van der Waals surface area contributed by atoms with Crippen LogP contribution in [0.5, 0.6) is 0 Å². The number of thiophene rings is 6. The summed E-state index contributed by atoms with van der Waals surface area (Å²) in [6, 6.07) is 26.2. The Hall–Kier alpha value is -2.38. The molecule has 1 aromatic carbocycles. The van der Waals surface area contributed by atoms with Gasteiger partial charge < -0.3 is 4.74 Å². The van der Waals surface area contributed by atoms with Crippen LogP contribution in [0.4, 0.5) is 0 Å². The summed E-state index contributed by atoms with van der Waals surface area (Å²) in [6.07, 6.45) is 87.9. The average Bonchev–Trinajstić information content (AvgIpc) is 1.62. The van der Waals surface area contributed by atoms with Crippen molar-refractivity contribution in [1.82, 2.24) is 0 Å². The maximum atomic E-state index is 14.7. The van der Waals surface area contributed by atoms with E-state index in [0.29, 0.717) is 6.61 Å². The number of hydrogen-bond acceptors (Lipinski definition) is 8. The van der Waals surface area contributed by atoms with Crippen LogP contribution in [0.15, 0.2) is 66.7 Å². The highest BCUT2D eigenvalue weighted by atomic mass is 127. The van der Waals surface area contributed by atoms with Crippen molar-refractivity contribution in [2.45, 2.75) is 472 Å². The highest BCUT2D eigenvalue weighted by Crippen LogP contribution is 2.53. The monoisotopic (exact) mass is 1760 g/mol. The van der Waals surface area contributed by atoms with Gasteiger partial charge in [0.1, 0.15) is 11.5 Å². The maximum Gasteiger partial charge on any atom is 0.348 e. The zero-order valence-corrected chi connectivity index (χ0v) is 80.4. The van der Waals surface area contributed by atoms with Crippen LogP contribution in [0, 0.1) is 2.88 Å². The second-order valence-corrected chi connectivity index (χ2v) is 42.6. The smallest absolute Gasteiger partial charge is 0.348 e. The molecule has 0 fully saturated rings. The van der Waals surface area contributed by atoms with Gasteiger partial charge >= 0.3 is 5.97 Å². The molecule has 0 radical (unpaired) electrons. The lowest BCUT2D eigenvalue weighted by Crippen LogP contribution is -2.05. The second kappa shape index (κ2) is 63.6. The number of carbonyl (C=O) groups is 1. The van der Waals surface area contributed by atoms with E-state index in [2.05, 4.69) is 181 Å². The Bertz CT molecular complexity index is 3450. The van der Waals surface area contributed by atoms with Crippen molar-refractivity contribution in [1.29, 1.82) is 0 Å². The van der Waals surface area contributed by atoms with Crippen LogP contribution in [0.2, 0.25) is 0 Å². The fourth-order valence-electron chi connectivity index (χ4n) is 17.0. The number of esters is 1. The SMILES string of the molecule is CCCCCCCCCCCCc1cc(-c2sc(-c3sc(-c4sc(-c5sc(-c6sc(I)cc6CCCCCCCCCCCC)cc5CCCCCCCCCCCC)cc4CCCCCCCCCCCC)cc3CCCCCCCCCCCC)cc2CCCCCCCCCCCC)sc1C(=O)OCc1ccccc1. The maximum absolute atomic E-state index is 14.7. The van der Waals surface area contributed by atoms with Crippen LogP contribution in [-0.4, -0.2) is 5.97 Å². The topological polar surface area (TPSA) is 26.3 Å². The van der Waals surface area contributed by atoms with Gasteiger partial charge in [-0.3, -0.25) is 0 Å². The predicted molar refractivity (Wildman–Crippen MR) is 522 cm³/mol. The first-order chi connectivity index (χ1) is 55.8. The summed E-state index contributed by atoms with van der Waals surface area (Å²) in [6.45, 7) is 14.3. The fourth-order valence-corrected chi connectivity index (χ4v) is 25.6. The van der Waals surface area contributed by atoms with Gasteiger partial charge in [-0.1, -0.05) is 419 Å². The second-order valence-electron chi connectivity index (χ2n) is 34.4. The summed E-state index contributed by atoms with van der Waals surface area (Å²) in [5.74, 6) is -0.152. The number of halogens is 1. The van der Waals surface area contributed by atoms with Gasteiger partial charge in [-0.05, 0) is 175 Å². The molecular formula is C104H163IO2S6. The molecule has 7 rings (SSSR count). The predicted octanol–water partition coefficient (Wildman–Crippen LogP) is 39.1. The van der Waals surface area contributed by atoms with Gasteiger partial charge in [-0.15, -0.1) is 68.0 Å². The highest BCUT2D eigenvalue weighted by Gasteiger charge is 2.27. The number of aryl methyl sites for hydroxylation is 6. The van der Waals surface area contributed by atoms with E-state index in [9.17, 15) is 4.79 Å². The molecule has 0 saturated carbocycles. The van der Waals surface area contributed by atoms with Gasteiger partial charge in [-0.25, -0.2) is 4.79 Å². The molecule has 0 atom stereocenters. The van der Waals surface area contributed by atoms with Gasteiger partial charge in [0, 0.05) is 48.8 Å². The van der Waals surface area contributed by atoms with Crippen LogP contribution in [0.25, 0.3) is 48.8 Å². The van der Waals surface area contributed by atoms with E-state index in [1.807, 2.05) is 6.07 Å². The Morgan fingerprint density at radius 3 is 0.708 bits per heavy atom. The first kappa shape index (κ1) is 97.7. The Morgan fingerprint density at radius 1 is 0.248 bits per heavy atom. The fraction of sp³-hybridized carbons (Fsp3) is 0.702. The number of unbranched alkanes of at least 4 members (excludes halogenated alkanes) is 54. The molecule has 0 saturated heterocycles. The molecule has 0 amide bonds. The van der Waals surface area contributed by atoms with E-state index in [0.717, 1.165) is 42.5 Å². The number of rotatable bonds is 74. The highest BCUT2D eigenvalue weighted by molar-refractivity contribution is 14.1. The summed E-state index contributed by atoms with van der Waals surface area (Å²) in [7, 11) is 0.